The second kappa shape index (κ2) is 7.28. The van der Waals surface area contributed by atoms with Gasteiger partial charge in [0.15, 0.2) is 0 Å². The summed E-state index contributed by atoms with van der Waals surface area (Å²) in [5, 5.41) is 6.87. The average Bonchev–Trinajstić information content (AvgIpc) is 2.88. The lowest BCUT2D eigenvalue weighted by atomic mass is 10.3. The number of methoxy groups -OCH3 is 1. The molecule has 1 N–H and O–H groups in total. The van der Waals surface area contributed by atoms with Crippen molar-refractivity contribution in [1.82, 2.24) is 24.3 Å². The van der Waals surface area contributed by atoms with E-state index in [9.17, 15) is 13.2 Å². The molecule has 0 saturated carbocycles. The van der Waals surface area contributed by atoms with Gasteiger partial charge >= 0.3 is 0 Å². The molecule has 1 aliphatic rings. The summed E-state index contributed by atoms with van der Waals surface area (Å²) >= 11 is 0. The van der Waals surface area contributed by atoms with Crippen molar-refractivity contribution in [3.8, 4) is 5.88 Å². The monoisotopic (exact) mass is 345 g/mol. The van der Waals surface area contributed by atoms with Gasteiger partial charge < -0.3 is 10.1 Å². The van der Waals surface area contributed by atoms with Gasteiger partial charge in [-0.15, -0.1) is 5.10 Å². The number of nitrogens with zero attached hydrogens (tertiary/aromatic N) is 4. The van der Waals surface area contributed by atoms with Gasteiger partial charge in [0.25, 0.3) is 5.91 Å². The van der Waals surface area contributed by atoms with Crippen LogP contribution in [-0.4, -0.2) is 85.9 Å². The van der Waals surface area contributed by atoms with E-state index >= 15 is 0 Å². The molecule has 130 valence electrons. The third kappa shape index (κ3) is 4.66. The van der Waals surface area contributed by atoms with Gasteiger partial charge in [-0.3, -0.25) is 14.4 Å². The van der Waals surface area contributed by atoms with E-state index in [2.05, 4.69) is 15.3 Å². The van der Waals surface area contributed by atoms with Crippen LogP contribution in [0.5, 0.6) is 5.88 Å². The quantitative estimate of drug-likeness (QED) is 0.691. The number of piperazine rings is 1. The van der Waals surface area contributed by atoms with E-state index in [-0.39, 0.29) is 5.91 Å². The molecule has 1 aromatic rings. The number of aromatic nitrogens is 2. The fraction of sp³-hybridized carbons (Fsp3) is 0.692. The largest absolute Gasteiger partial charge is 0.479 e. The predicted octanol–water partition coefficient (Wildman–Crippen LogP) is -1.26. The number of sulfonamides is 1. The Balaban J connectivity index is 1.76. The summed E-state index contributed by atoms with van der Waals surface area (Å²) in [6.45, 7) is 3.46. The van der Waals surface area contributed by atoms with Crippen molar-refractivity contribution in [3.63, 3.8) is 0 Å². The first kappa shape index (κ1) is 17.7. The Morgan fingerprint density at radius 2 is 2.00 bits per heavy atom. The molecule has 2 rings (SSSR count). The molecule has 0 aliphatic carbocycles. The summed E-state index contributed by atoms with van der Waals surface area (Å²) in [5.74, 6) is 0.0662. The summed E-state index contributed by atoms with van der Waals surface area (Å²) in [6.07, 6.45) is 2.84. The van der Waals surface area contributed by atoms with Crippen LogP contribution in [0.4, 0.5) is 0 Å². The first-order chi connectivity index (χ1) is 10.8. The van der Waals surface area contributed by atoms with Crippen molar-refractivity contribution in [2.45, 2.75) is 0 Å². The van der Waals surface area contributed by atoms with Crippen LogP contribution in [0.25, 0.3) is 0 Å². The van der Waals surface area contributed by atoms with Crippen molar-refractivity contribution in [2.75, 3.05) is 52.6 Å². The molecule has 1 aliphatic heterocycles. The number of hydrogen-bond donors (Lipinski definition) is 1. The average molecular weight is 345 g/mol. The van der Waals surface area contributed by atoms with Gasteiger partial charge in [0, 0.05) is 52.5 Å². The molecule has 1 aromatic heterocycles. The maximum absolute atomic E-state index is 12.1. The Morgan fingerprint density at radius 1 is 1.35 bits per heavy atom. The summed E-state index contributed by atoms with van der Waals surface area (Å²) in [4.78, 5) is 14.2. The van der Waals surface area contributed by atoms with Gasteiger partial charge in [0.05, 0.1) is 13.4 Å². The molecule has 0 aromatic carbocycles. The lowest BCUT2D eigenvalue weighted by Crippen LogP contribution is -2.49. The van der Waals surface area contributed by atoms with Crippen LogP contribution in [0.15, 0.2) is 6.20 Å². The molecule has 0 spiro atoms. The van der Waals surface area contributed by atoms with E-state index in [1.54, 1.807) is 13.2 Å². The summed E-state index contributed by atoms with van der Waals surface area (Å²) in [7, 11) is 0.0845. The van der Waals surface area contributed by atoms with Crippen molar-refractivity contribution >= 4 is 15.9 Å². The minimum absolute atomic E-state index is 0.232. The fourth-order valence-corrected chi connectivity index (χ4v) is 3.31. The molecule has 1 saturated heterocycles. The molecular formula is C13H23N5O4S. The first-order valence-corrected chi connectivity index (χ1v) is 9.19. The second-order valence-electron chi connectivity index (χ2n) is 5.49. The zero-order chi connectivity index (χ0) is 17.0. The Bertz CT molecular complexity index is 649. The topological polar surface area (TPSA) is 96.8 Å². The number of rotatable bonds is 6. The van der Waals surface area contributed by atoms with Gasteiger partial charge in [-0.1, -0.05) is 0 Å². The van der Waals surface area contributed by atoms with E-state index in [0.29, 0.717) is 50.7 Å². The maximum Gasteiger partial charge on any atom is 0.258 e. The number of hydrogen-bond acceptors (Lipinski definition) is 6. The Morgan fingerprint density at radius 3 is 2.57 bits per heavy atom. The fourth-order valence-electron chi connectivity index (χ4n) is 2.48. The Labute approximate surface area is 136 Å². The van der Waals surface area contributed by atoms with E-state index in [4.69, 9.17) is 4.74 Å². The molecule has 1 amide bonds. The van der Waals surface area contributed by atoms with E-state index in [1.807, 2.05) is 0 Å². The van der Waals surface area contributed by atoms with Crippen LogP contribution in [0.2, 0.25) is 0 Å². The molecule has 0 unspecified atom stereocenters. The molecular weight excluding hydrogens is 322 g/mol. The maximum atomic E-state index is 12.1. The molecule has 9 nitrogen and oxygen atoms in total. The third-order valence-corrected chi connectivity index (χ3v) is 5.05. The second-order valence-corrected chi connectivity index (χ2v) is 7.47. The molecule has 23 heavy (non-hydrogen) atoms. The lowest BCUT2D eigenvalue weighted by molar-refractivity contribution is 0.0942. The molecule has 10 heteroatoms. The van der Waals surface area contributed by atoms with Crippen molar-refractivity contribution in [2.24, 2.45) is 7.05 Å². The van der Waals surface area contributed by atoms with Crippen molar-refractivity contribution in [3.05, 3.63) is 11.8 Å². The van der Waals surface area contributed by atoms with E-state index in [1.165, 1.54) is 22.4 Å². The predicted molar refractivity (Wildman–Crippen MR) is 85.0 cm³/mol. The zero-order valence-electron chi connectivity index (χ0n) is 13.7. The standard InChI is InChI=1S/C13H23N5O4S/c1-16-10-11(13(15-16)22-2)12(19)14-4-5-17-6-8-18(9-7-17)23(3,20)21/h10H,4-9H2,1-3H3,(H,14,19). The first-order valence-electron chi connectivity index (χ1n) is 7.34. The smallest absolute Gasteiger partial charge is 0.258 e. The van der Waals surface area contributed by atoms with Crippen LogP contribution in [-0.2, 0) is 17.1 Å². The molecule has 0 radical (unpaired) electrons. The Kier molecular flexibility index (Phi) is 5.60. The summed E-state index contributed by atoms with van der Waals surface area (Å²) < 4.78 is 31.0. The highest BCUT2D eigenvalue weighted by Crippen LogP contribution is 2.14. The molecule has 2 heterocycles. The van der Waals surface area contributed by atoms with Gasteiger partial charge in [0.2, 0.25) is 15.9 Å². The number of aryl methyl sites for hydroxylation is 1. The van der Waals surface area contributed by atoms with Crippen LogP contribution < -0.4 is 10.1 Å². The van der Waals surface area contributed by atoms with Gasteiger partial charge in [-0.05, 0) is 0 Å². The minimum Gasteiger partial charge on any atom is -0.479 e. The lowest BCUT2D eigenvalue weighted by Gasteiger charge is -2.33. The van der Waals surface area contributed by atoms with Gasteiger partial charge in [0.1, 0.15) is 5.56 Å². The Hall–Kier alpha value is -1.65. The van der Waals surface area contributed by atoms with Crippen LogP contribution in [0.1, 0.15) is 10.4 Å². The molecule has 0 bridgehead atoms. The highest BCUT2D eigenvalue weighted by Gasteiger charge is 2.23. The van der Waals surface area contributed by atoms with Gasteiger partial charge in [-0.25, -0.2) is 8.42 Å². The number of amides is 1. The van der Waals surface area contributed by atoms with Crippen LogP contribution >= 0.6 is 0 Å². The third-order valence-electron chi connectivity index (χ3n) is 3.75. The minimum atomic E-state index is -3.11. The zero-order valence-corrected chi connectivity index (χ0v) is 14.5. The molecule has 1 fully saturated rings. The summed E-state index contributed by atoms with van der Waals surface area (Å²) in [5.41, 5.74) is 0.400. The number of ether oxygens (including phenoxy) is 1. The number of carbonyl (C=O) groups excluding carboxylic acids is 1. The van der Waals surface area contributed by atoms with E-state index < -0.39 is 10.0 Å². The van der Waals surface area contributed by atoms with Crippen LogP contribution in [0, 0.1) is 0 Å². The van der Waals surface area contributed by atoms with Crippen molar-refractivity contribution in [1.29, 1.82) is 0 Å². The normalized spacial score (nSPS) is 17.2. The van der Waals surface area contributed by atoms with E-state index in [0.717, 1.165) is 0 Å². The van der Waals surface area contributed by atoms with Gasteiger partial charge in [-0.2, -0.15) is 4.31 Å². The number of nitrogens with one attached hydrogen (secondary N) is 1. The highest BCUT2D eigenvalue weighted by molar-refractivity contribution is 7.88. The SMILES string of the molecule is COc1nn(C)cc1C(=O)NCCN1CCN(S(C)(=O)=O)CC1. The van der Waals surface area contributed by atoms with Crippen LogP contribution in [0.3, 0.4) is 0 Å². The number of carbonyl (C=O) groups is 1. The van der Waals surface area contributed by atoms with Crippen molar-refractivity contribution < 1.29 is 17.9 Å². The highest BCUT2D eigenvalue weighted by atomic mass is 32.2. The molecule has 0 atom stereocenters. The summed E-state index contributed by atoms with van der Waals surface area (Å²) in [6, 6.07) is 0.